The number of fused-ring (bicyclic) bond motifs is 1. The van der Waals surface area contributed by atoms with Gasteiger partial charge in [0.05, 0.1) is 19.0 Å². The van der Waals surface area contributed by atoms with Crippen LogP contribution in [-0.2, 0) is 11.3 Å². The lowest BCUT2D eigenvalue weighted by Crippen LogP contribution is -2.44. The van der Waals surface area contributed by atoms with Gasteiger partial charge >= 0.3 is 0 Å². The molecule has 1 aliphatic heterocycles. The first-order valence-electron chi connectivity index (χ1n) is 11.6. The monoisotopic (exact) mass is 507 g/mol. The summed E-state index contributed by atoms with van der Waals surface area (Å²) in [6, 6.07) is 6.89. The second-order valence-corrected chi connectivity index (χ2v) is 9.73. The van der Waals surface area contributed by atoms with Crippen LogP contribution in [0.5, 0.6) is 5.75 Å². The Balaban J connectivity index is 1.52. The second kappa shape index (κ2) is 9.27. The number of halogens is 1. The Morgan fingerprint density at radius 3 is 2.86 bits per heavy atom. The summed E-state index contributed by atoms with van der Waals surface area (Å²) in [7, 11) is 1.55. The number of methoxy groups -OCH3 is 1. The fraction of sp³-hybridized carbons (Fsp3) is 0.320. The van der Waals surface area contributed by atoms with E-state index in [1.165, 1.54) is 15.4 Å². The number of likely N-dealkylation sites (tertiary alicyclic amines) is 1. The van der Waals surface area contributed by atoms with E-state index in [0.29, 0.717) is 45.5 Å². The molecular formula is C25H26ClN7O3. The first-order chi connectivity index (χ1) is 17.3. The number of aromatic nitrogens is 5. The van der Waals surface area contributed by atoms with Gasteiger partial charge in [-0.3, -0.25) is 14.3 Å². The Morgan fingerprint density at radius 2 is 2.11 bits per heavy atom. The summed E-state index contributed by atoms with van der Waals surface area (Å²) in [4.78, 5) is 32.5. The molecule has 5 rings (SSSR count). The fourth-order valence-electron chi connectivity index (χ4n) is 4.63. The van der Waals surface area contributed by atoms with Gasteiger partial charge in [0.1, 0.15) is 23.6 Å². The Hall–Kier alpha value is -3.92. The minimum atomic E-state index is -0.405. The molecule has 4 heterocycles. The normalized spacial score (nSPS) is 14.8. The summed E-state index contributed by atoms with van der Waals surface area (Å²) in [6.45, 7) is 4.89. The van der Waals surface area contributed by atoms with Gasteiger partial charge in [0.2, 0.25) is 5.91 Å². The molecule has 36 heavy (non-hydrogen) atoms. The quantitative estimate of drug-likeness (QED) is 0.424. The molecule has 2 amide bonds. The third kappa shape index (κ3) is 4.39. The van der Waals surface area contributed by atoms with Crippen molar-refractivity contribution in [2.24, 2.45) is 0 Å². The summed E-state index contributed by atoms with van der Waals surface area (Å²) >= 11 is 6.28. The van der Waals surface area contributed by atoms with Gasteiger partial charge < -0.3 is 15.0 Å². The van der Waals surface area contributed by atoms with Crippen LogP contribution in [0.25, 0.3) is 16.9 Å². The van der Waals surface area contributed by atoms with Crippen molar-refractivity contribution in [1.29, 1.82) is 0 Å². The van der Waals surface area contributed by atoms with E-state index in [4.69, 9.17) is 16.3 Å². The van der Waals surface area contributed by atoms with Gasteiger partial charge in [-0.25, -0.2) is 9.50 Å². The molecule has 1 aliphatic rings. The first-order valence-corrected chi connectivity index (χ1v) is 12.0. The number of ether oxygens (including phenoxy) is 1. The van der Waals surface area contributed by atoms with Crippen LogP contribution < -0.4 is 10.1 Å². The molecule has 11 heteroatoms. The number of hydrogen-bond donors (Lipinski definition) is 1. The van der Waals surface area contributed by atoms with Crippen LogP contribution in [0.2, 0.25) is 5.02 Å². The van der Waals surface area contributed by atoms with E-state index in [-0.39, 0.29) is 18.0 Å². The Morgan fingerprint density at radius 1 is 1.28 bits per heavy atom. The number of nitrogens with zero attached hydrogens (tertiary/aromatic N) is 6. The first kappa shape index (κ1) is 23.8. The predicted molar refractivity (Wildman–Crippen MR) is 135 cm³/mol. The summed E-state index contributed by atoms with van der Waals surface area (Å²) in [5.41, 5.74) is 1.96. The maximum atomic E-state index is 13.2. The summed E-state index contributed by atoms with van der Waals surface area (Å²) in [5.74, 6) is 0.0941. The molecule has 0 bridgehead atoms. The van der Waals surface area contributed by atoms with Crippen molar-refractivity contribution in [1.82, 2.24) is 29.3 Å². The maximum absolute atomic E-state index is 13.2. The SMILES string of the molecule is COc1ccc(Cl)cc1-c1nn(CC(=O)N2CCCC2(C)C)cc1NC(=O)c1cnn2cccnc12. The van der Waals surface area contributed by atoms with Crippen LogP contribution in [-0.4, -0.2) is 60.3 Å². The van der Waals surface area contributed by atoms with E-state index < -0.39 is 5.91 Å². The van der Waals surface area contributed by atoms with Gasteiger partial charge in [-0.2, -0.15) is 10.2 Å². The van der Waals surface area contributed by atoms with Crippen molar-refractivity contribution >= 4 is 34.7 Å². The molecule has 1 saturated heterocycles. The Labute approximate surface area is 212 Å². The summed E-state index contributed by atoms with van der Waals surface area (Å²) < 4.78 is 8.59. The van der Waals surface area contributed by atoms with Gasteiger partial charge in [-0.05, 0) is 51.0 Å². The second-order valence-electron chi connectivity index (χ2n) is 9.30. The van der Waals surface area contributed by atoms with E-state index in [1.54, 1.807) is 50.0 Å². The highest BCUT2D eigenvalue weighted by Gasteiger charge is 2.35. The smallest absolute Gasteiger partial charge is 0.261 e. The Bertz CT molecular complexity index is 1460. The zero-order valence-corrected chi connectivity index (χ0v) is 21.0. The van der Waals surface area contributed by atoms with Crippen LogP contribution in [0.1, 0.15) is 37.0 Å². The van der Waals surface area contributed by atoms with Crippen LogP contribution >= 0.6 is 11.6 Å². The minimum absolute atomic E-state index is 0.0330. The molecule has 0 aliphatic carbocycles. The van der Waals surface area contributed by atoms with Crippen LogP contribution in [0, 0.1) is 0 Å². The third-order valence-electron chi connectivity index (χ3n) is 6.45. The number of carbonyl (C=O) groups is 2. The molecule has 10 nitrogen and oxygen atoms in total. The molecular weight excluding hydrogens is 482 g/mol. The standard InChI is InChI=1S/C25H26ClN7O3/c1-25(2)8-4-10-32(25)21(34)15-31-14-19(22(30-31)17-12-16(26)6-7-20(17)36-3)29-24(35)18-13-28-33-11-5-9-27-23(18)33/h5-7,9,11-14H,4,8,10,15H2,1-3H3,(H,29,35). The van der Waals surface area contributed by atoms with E-state index in [9.17, 15) is 9.59 Å². The van der Waals surface area contributed by atoms with Crippen molar-refractivity contribution in [3.8, 4) is 17.0 Å². The van der Waals surface area contributed by atoms with Crippen LogP contribution in [0.3, 0.4) is 0 Å². The molecule has 1 aromatic carbocycles. The average Bonchev–Trinajstić information content (AvgIpc) is 3.55. The van der Waals surface area contributed by atoms with Crippen molar-refractivity contribution in [2.75, 3.05) is 19.0 Å². The lowest BCUT2D eigenvalue weighted by molar-refractivity contribution is -0.135. The topological polar surface area (TPSA) is 107 Å². The molecule has 3 aromatic heterocycles. The van der Waals surface area contributed by atoms with Gasteiger partial charge in [-0.1, -0.05) is 11.6 Å². The van der Waals surface area contributed by atoms with E-state index >= 15 is 0 Å². The van der Waals surface area contributed by atoms with E-state index in [0.717, 1.165) is 12.8 Å². The van der Waals surface area contributed by atoms with Crippen LogP contribution in [0.15, 0.2) is 49.1 Å². The van der Waals surface area contributed by atoms with Gasteiger partial charge in [0.25, 0.3) is 5.91 Å². The molecule has 4 aromatic rings. The lowest BCUT2D eigenvalue weighted by Gasteiger charge is -2.31. The minimum Gasteiger partial charge on any atom is -0.496 e. The number of hydrogen-bond acceptors (Lipinski definition) is 6. The highest BCUT2D eigenvalue weighted by atomic mass is 35.5. The number of benzene rings is 1. The summed E-state index contributed by atoms with van der Waals surface area (Å²) in [5, 5.41) is 12.3. The van der Waals surface area contributed by atoms with Gasteiger partial charge in [0.15, 0.2) is 5.65 Å². The highest BCUT2D eigenvalue weighted by molar-refractivity contribution is 6.31. The summed E-state index contributed by atoms with van der Waals surface area (Å²) in [6.07, 6.45) is 8.34. The fourth-order valence-corrected chi connectivity index (χ4v) is 4.80. The molecule has 1 fully saturated rings. The lowest BCUT2D eigenvalue weighted by atomic mass is 10.0. The van der Waals surface area contributed by atoms with Crippen molar-refractivity contribution in [2.45, 2.75) is 38.8 Å². The average molecular weight is 508 g/mol. The molecule has 0 saturated carbocycles. The van der Waals surface area contributed by atoms with E-state index in [2.05, 4.69) is 34.3 Å². The number of carbonyl (C=O) groups excluding carboxylic acids is 2. The molecule has 0 radical (unpaired) electrons. The molecule has 0 atom stereocenters. The van der Waals surface area contributed by atoms with E-state index in [1.807, 2.05) is 4.90 Å². The van der Waals surface area contributed by atoms with Crippen molar-refractivity contribution < 1.29 is 14.3 Å². The zero-order valence-electron chi connectivity index (χ0n) is 20.2. The predicted octanol–water partition coefficient (Wildman–Crippen LogP) is 3.91. The number of anilines is 1. The third-order valence-corrected chi connectivity index (χ3v) is 6.68. The van der Waals surface area contributed by atoms with Crippen molar-refractivity contribution in [3.05, 3.63) is 59.6 Å². The number of amides is 2. The molecule has 186 valence electrons. The zero-order chi connectivity index (χ0) is 25.4. The van der Waals surface area contributed by atoms with Crippen molar-refractivity contribution in [3.63, 3.8) is 0 Å². The Kier molecular flexibility index (Phi) is 6.13. The van der Waals surface area contributed by atoms with Crippen LogP contribution in [0.4, 0.5) is 5.69 Å². The van der Waals surface area contributed by atoms with Gasteiger partial charge in [-0.15, -0.1) is 0 Å². The molecule has 1 N–H and O–H groups in total. The maximum Gasteiger partial charge on any atom is 0.261 e. The molecule has 0 spiro atoms. The van der Waals surface area contributed by atoms with Gasteiger partial charge in [0, 0.05) is 41.3 Å². The highest BCUT2D eigenvalue weighted by Crippen LogP contribution is 2.36. The number of rotatable bonds is 6. The molecule has 0 unspecified atom stereocenters. The largest absolute Gasteiger partial charge is 0.496 e. The number of nitrogens with one attached hydrogen (secondary N) is 1.